The van der Waals surface area contributed by atoms with Crippen molar-refractivity contribution in [2.45, 2.75) is 71.1 Å². The van der Waals surface area contributed by atoms with E-state index in [0.717, 1.165) is 19.3 Å². The number of unbranched alkanes of at least 4 members (excludes halogenated alkanes) is 8. The van der Waals surface area contributed by atoms with Crippen LogP contribution < -0.4 is 0 Å². The van der Waals surface area contributed by atoms with Gasteiger partial charge in [0.1, 0.15) is 0 Å². The molecule has 0 saturated carbocycles. The topological polar surface area (TPSA) is 63.6 Å². The largest absolute Gasteiger partial charge is 0.397 e. The van der Waals surface area contributed by atoms with Crippen molar-refractivity contribution in [3.05, 3.63) is 12.2 Å². The van der Waals surface area contributed by atoms with E-state index in [4.69, 9.17) is 4.55 Å². The van der Waals surface area contributed by atoms with Gasteiger partial charge in [-0.2, -0.15) is 8.42 Å². The van der Waals surface area contributed by atoms with E-state index in [9.17, 15) is 8.42 Å². The molecule has 0 aliphatic heterocycles. The van der Waals surface area contributed by atoms with Crippen LogP contribution in [0.1, 0.15) is 71.1 Å². The van der Waals surface area contributed by atoms with Crippen molar-refractivity contribution >= 4 is 10.4 Å². The molecule has 0 aromatic carbocycles. The lowest BCUT2D eigenvalue weighted by Crippen LogP contribution is -2.04. The third-order valence-corrected chi connectivity index (χ3v) is 3.35. The maximum Gasteiger partial charge on any atom is 0.397 e. The number of rotatable bonds is 13. The molecule has 0 radical (unpaired) electrons. The summed E-state index contributed by atoms with van der Waals surface area (Å²) in [7, 11) is -4.25. The molecule has 0 aliphatic carbocycles. The van der Waals surface area contributed by atoms with Crippen LogP contribution in [-0.2, 0) is 14.6 Å². The van der Waals surface area contributed by atoms with Crippen molar-refractivity contribution in [2.24, 2.45) is 0 Å². The van der Waals surface area contributed by atoms with Crippen molar-refractivity contribution in [2.75, 3.05) is 6.61 Å². The van der Waals surface area contributed by atoms with E-state index in [1.807, 2.05) is 0 Å². The van der Waals surface area contributed by atoms with Crippen LogP contribution in [0.3, 0.4) is 0 Å². The van der Waals surface area contributed by atoms with Crippen LogP contribution in [0, 0.1) is 0 Å². The van der Waals surface area contributed by atoms with Gasteiger partial charge in [0.05, 0.1) is 6.61 Å². The minimum absolute atomic E-state index is 0.0823. The molecule has 1 N–H and O–H groups in total. The van der Waals surface area contributed by atoms with E-state index in [0.29, 0.717) is 6.42 Å². The fourth-order valence-electron chi connectivity index (χ4n) is 1.79. The first-order valence-electron chi connectivity index (χ1n) is 7.33. The average Bonchev–Trinajstić information content (AvgIpc) is 2.34. The lowest BCUT2D eigenvalue weighted by Gasteiger charge is -2.01. The number of allylic oxidation sites excluding steroid dienone is 2. The molecular formula is C14H28O4S. The maximum atomic E-state index is 10.3. The van der Waals surface area contributed by atoms with Gasteiger partial charge in [-0.3, -0.25) is 4.55 Å². The van der Waals surface area contributed by atoms with Gasteiger partial charge < -0.3 is 0 Å². The van der Waals surface area contributed by atoms with E-state index >= 15 is 0 Å². The summed E-state index contributed by atoms with van der Waals surface area (Å²) < 4.78 is 33.1. The molecule has 0 fully saturated rings. The Bertz CT molecular complexity index is 309. The lowest BCUT2D eigenvalue weighted by molar-refractivity contribution is 0.261. The molecule has 0 saturated heterocycles. The van der Waals surface area contributed by atoms with Gasteiger partial charge >= 0.3 is 10.4 Å². The van der Waals surface area contributed by atoms with Crippen molar-refractivity contribution < 1.29 is 17.2 Å². The van der Waals surface area contributed by atoms with Crippen molar-refractivity contribution in [3.8, 4) is 0 Å². The third-order valence-electron chi connectivity index (χ3n) is 2.89. The second kappa shape index (κ2) is 12.6. The predicted octanol–water partition coefficient (Wildman–Crippen LogP) is 4.28. The second-order valence-corrected chi connectivity index (χ2v) is 5.86. The highest BCUT2D eigenvalue weighted by atomic mass is 32.3. The zero-order valence-corrected chi connectivity index (χ0v) is 12.8. The minimum atomic E-state index is -4.25. The molecule has 0 spiro atoms. The highest BCUT2D eigenvalue weighted by molar-refractivity contribution is 7.80. The van der Waals surface area contributed by atoms with Crippen LogP contribution in [0.4, 0.5) is 0 Å². The molecule has 0 aromatic rings. The molecule has 114 valence electrons. The van der Waals surface area contributed by atoms with E-state index in [1.165, 1.54) is 38.5 Å². The first-order valence-corrected chi connectivity index (χ1v) is 8.69. The van der Waals surface area contributed by atoms with Gasteiger partial charge in [-0.25, -0.2) is 4.18 Å². The molecule has 0 bridgehead atoms. The van der Waals surface area contributed by atoms with Crippen LogP contribution in [0.2, 0.25) is 0 Å². The minimum Gasteiger partial charge on any atom is -0.264 e. The molecule has 0 aliphatic rings. The molecule has 4 nitrogen and oxygen atoms in total. The summed E-state index contributed by atoms with van der Waals surface area (Å²) in [6.45, 7) is 2.29. The molecule has 0 aromatic heterocycles. The lowest BCUT2D eigenvalue weighted by atomic mass is 10.1. The summed E-state index contributed by atoms with van der Waals surface area (Å²) in [5.74, 6) is 0. The van der Waals surface area contributed by atoms with E-state index < -0.39 is 10.4 Å². The summed E-state index contributed by atoms with van der Waals surface area (Å²) in [5, 5.41) is 0. The van der Waals surface area contributed by atoms with Crippen molar-refractivity contribution in [1.29, 1.82) is 0 Å². The fourth-order valence-corrected chi connectivity index (χ4v) is 2.12. The summed E-state index contributed by atoms with van der Waals surface area (Å²) in [6.07, 6.45) is 15.8. The van der Waals surface area contributed by atoms with Crippen LogP contribution >= 0.6 is 0 Å². The zero-order chi connectivity index (χ0) is 14.4. The Morgan fingerprint density at radius 3 is 2.00 bits per heavy atom. The summed E-state index contributed by atoms with van der Waals surface area (Å²) in [6, 6.07) is 0. The molecule has 0 unspecified atom stereocenters. The van der Waals surface area contributed by atoms with Crippen LogP contribution in [-0.4, -0.2) is 19.6 Å². The van der Waals surface area contributed by atoms with E-state index in [2.05, 4.69) is 23.3 Å². The Hall–Kier alpha value is -0.390. The van der Waals surface area contributed by atoms with Gasteiger partial charge in [-0.15, -0.1) is 0 Å². The van der Waals surface area contributed by atoms with Gasteiger partial charge in [0.2, 0.25) is 0 Å². The number of hydrogen-bond acceptors (Lipinski definition) is 3. The van der Waals surface area contributed by atoms with Crippen LogP contribution in [0.25, 0.3) is 0 Å². The Balaban J connectivity index is 3.13. The quantitative estimate of drug-likeness (QED) is 0.312. The molecular weight excluding hydrogens is 264 g/mol. The second-order valence-electron chi connectivity index (χ2n) is 4.77. The maximum absolute atomic E-state index is 10.3. The molecule has 19 heavy (non-hydrogen) atoms. The smallest absolute Gasteiger partial charge is 0.264 e. The van der Waals surface area contributed by atoms with Crippen LogP contribution in [0.15, 0.2) is 12.2 Å². The average molecular weight is 292 g/mol. The molecule has 0 heterocycles. The number of hydrogen-bond donors (Lipinski definition) is 1. The van der Waals surface area contributed by atoms with Gasteiger partial charge in [-0.05, 0) is 25.7 Å². The summed E-state index contributed by atoms with van der Waals surface area (Å²) >= 11 is 0. The molecule has 0 atom stereocenters. The Kier molecular flexibility index (Phi) is 12.4. The Labute approximate surface area is 118 Å². The summed E-state index contributed by atoms with van der Waals surface area (Å²) in [5.41, 5.74) is 0. The summed E-state index contributed by atoms with van der Waals surface area (Å²) in [4.78, 5) is 0. The fraction of sp³-hybridized carbons (Fsp3) is 0.857. The zero-order valence-electron chi connectivity index (χ0n) is 12.0. The normalized spacial score (nSPS) is 12.3. The Morgan fingerprint density at radius 1 is 0.895 bits per heavy atom. The van der Waals surface area contributed by atoms with Gasteiger partial charge in [0, 0.05) is 0 Å². The highest BCUT2D eigenvalue weighted by Crippen LogP contribution is 2.08. The van der Waals surface area contributed by atoms with Gasteiger partial charge in [0.15, 0.2) is 0 Å². The Morgan fingerprint density at radius 2 is 1.42 bits per heavy atom. The van der Waals surface area contributed by atoms with Crippen molar-refractivity contribution in [1.82, 2.24) is 0 Å². The molecule has 5 heteroatoms. The molecule has 0 amide bonds. The monoisotopic (exact) mass is 292 g/mol. The van der Waals surface area contributed by atoms with Crippen LogP contribution in [0.5, 0.6) is 0 Å². The standard InChI is InChI=1S/C14H28O4S/c1-2-3-4-5-6-7-8-9-10-11-12-13-14-18-19(15,16)17/h5-6H,2-4,7-14H2,1H3,(H,15,16,17)/b6-5+. The third kappa shape index (κ3) is 17.6. The van der Waals surface area contributed by atoms with E-state index in [1.54, 1.807) is 0 Å². The first kappa shape index (κ1) is 18.6. The highest BCUT2D eigenvalue weighted by Gasteiger charge is 2.02. The van der Waals surface area contributed by atoms with Crippen molar-refractivity contribution in [3.63, 3.8) is 0 Å². The first-order chi connectivity index (χ1) is 9.06. The van der Waals surface area contributed by atoms with Gasteiger partial charge in [-0.1, -0.05) is 57.6 Å². The molecule has 0 rings (SSSR count). The predicted molar refractivity (Wildman–Crippen MR) is 78.5 cm³/mol. The van der Waals surface area contributed by atoms with Gasteiger partial charge in [0.25, 0.3) is 0 Å². The SMILES string of the molecule is CCCC/C=C/CCCCCCCCOS(=O)(=O)O. The van der Waals surface area contributed by atoms with E-state index in [-0.39, 0.29) is 6.61 Å².